The van der Waals surface area contributed by atoms with E-state index in [1.807, 2.05) is 24.3 Å². The van der Waals surface area contributed by atoms with E-state index in [1.54, 1.807) is 0 Å². The van der Waals surface area contributed by atoms with E-state index in [0.717, 1.165) is 35.5 Å². The van der Waals surface area contributed by atoms with E-state index in [-0.39, 0.29) is 5.92 Å². The van der Waals surface area contributed by atoms with Crippen molar-refractivity contribution in [2.24, 2.45) is 5.92 Å². The highest BCUT2D eigenvalue weighted by Gasteiger charge is 2.36. The number of carbonyl (C=O) groups excluding carboxylic acids is 1. The maximum atomic E-state index is 12.9. The van der Waals surface area contributed by atoms with Crippen LogP contribution in [-0.2, 0) is 11.2 Å². The van der Waals surface area contributed by atoms with Crippen LogP contribution in [0.5, 0.6) is 0 Å². The normalized spacial score (nSPS) is 21.3. The molecule has 0 aromatic heterocycles. The second-order valence-corrected chi connectivity index (χ2v) is 8.09. The van der Waals surface area contributed by atoms with Crippen molar-refractivity contribution < 1.29 is 4.79 Å². The number of halogens is 1. The van der Waals surface area contributed by atoms with Crippen molar-refractivity contribution in [1.82, 2.24) is 4.90 Å². The lowest BCUT2D eigenvalue weighted by atomic mass is 9.93. The van der Waals surface area contributed by atoms with Crippen LogP contribution in [0.2, 0.25) is 5.02 Å². The van der Waals surface area contributed by atoms with Gasteiger partial charge in [0.05, 0.1) is 0 Å². The molecule has 2 nitrogen and oxygen atoms in total. The van der Waals surface area contributed by atoms with Gasteiger partial charge in [0.2, 0.25) is 5.91 Å². The molecule has 136 valence electrons. The number of rotatable bonds is 4. The lowest BCUT2D eigenvalue weighted by molar-refractivity contribution is -0.133. The van der Waals surface area contributed by atoms with Crippen molar-refractivity contribution in [1.29, 1.82) is 0 Å². The summed E-state index contributed by atoms with van der Waals surface area (Å²) in [6.45, 7) is 0.924. The number of likely N-dealkylation sites (tertiary alicyclic amines) is 1. The van der Waals surface area contributed by atoms with Gasteiger partial charge in [0, 0.05) is 23.5 Å². The highest BCUT2D eigenvalue weighted by molar-refractivity contribution is 6.31. The summed E-state index contributed by atoms with van der Waals surface area (Å²) in [4.78, 5) is 15.1. The number of hydrogen-bond donors (Lipinski definition) is 0. The minimum atomic E-state index is 0.0944. The summed E-state index contributed by atoms with van der Waals surface area (Å²) in [7, 11) is 0. The van der Waals surface area contributed by atoms with E-state index < -0.39 is 0 Å². The zero-order valence-electron chi connectivity index (χ0n) is 15.2. The Hall–Kier alpha value is -1.80. The Labute approximate surface area is 161 Å². The number of benzene rings is 2. The number of amides is 1. The van der Waals surface area contributed by atoms with Gasteiger partial charge in [0.15, 0.2) is 0 Å². The van der Waals surface area contributed by atoms with Crippen molar-refractivity contribution >= 4 is 17.5 Å². The van der Waals surface area contributed by atoms with Gasteiger partial charge < -0.3 is 4.90 Å². The Morgan fingerprint density at radius 1 is 0.923 bits per heavy atom. The molecule has 0 spiro atoms. The van der Waals surface area contributed by atoms with E-state index in [2.05, 4.69) is 29.2 Å². The highest BCUT2D eigenvalue weighted by Crippen LogP contribution is 2.33. The third-order valence-electron chi connectivity index (χ3n) is 5.99. The molecule has 1 amide bonds. The van der Waals surface area contributed by atoms with Gasteiger partial charge in [0.1, 0.15) is 0 Å². The molecule has 2 aromatic rings. The zero-order chi connectivity index (χ0) is 17.9. The molecule has 2 fully saturated rings. The van der Waals surface area contributed by atoms with Gasteiger partial charge in [0.25, 0.3) is 0 Å². The van der Waals surface area contributed by atoms with Crippen molar-refractivity contribution in [3.63, 3.8) is 0 Å². The van der Waals surface area contributed by atoms with E-state index in [9.17, 15) is 4.79 Å². The van der Waals surface area contributed by atoms with Crippen molar-refractivity contribution in [3.05, 3.63) is 59.1 Å². The van der Waals surface area contributed by atoms with Crippen molar-refractivity contribution in [2.45, 2.75) is 51.0 Å². The first-order chi connectivity index (χ1) is 12.7. The summed E-state index contributed by atoms with van der Waals surface area (Å²) in [6.07, 6.45) is 7.96. The second-order valence-electron chi connectivity index (χ2n) is 7.69. The minimum Gasteiger partial charge on any atom is -0.339 e. The second kappa shape index (κ2) is 7.84. The highest BCUT2D eigenvalue weighted by atomic mass is 35.5. The monoisotopic (exact) mass is 367 g/mol. The molecule has 0 radical (unpaired) electrons. The Morgan fingerprint density at radius 3 is 2.42 bits per heavy atom. The van der Waals surface area contributed by atoms with Crippen LogP contribution in [0.25, 0.3) is 11.1 Å². The summed E-state index contributed by atoms with van der Waals surface area (Å²) in [6, 6.07) is 17.0. The largest absolute Gasteiger partial charge is 0.339 e. The Balaban J connectivity index is 1.45. The van der Waals surface area contributed by atoms with Crippen LogP contribution in [0.1, 0.15) is 44.1 Å². The quantitative estimate of drug-likeness (QED) is 0.675. The van der Waals surface area contributed by atoms with Gasteiger partial charge in [-0.3, -0.25) is 4.79 Å². The first-order valence-electron chi connectivity index (χ1n) is 9.87. The lowest BCUT2D eigenvalue weighted by Crippen LogP contribution is -2.39. The molecule has 1 aliphatic carbocycles. The van der Waals surface area contributed by atoms with E-state index in [1.165, 1.54) is 37.7 Å². The van der Waals surface area contributed by atoms with Crippen LogP contribution >= 0.6 is 11.6 Å². The Bertz CT molecular complexity index is 767. The van der Waals surface area contributed by atoms with E-state index in [0.29, 0.717) is 11.9 Å². The van der Waals surface area contributed by atoms with Gasteiger partial charge >= 0.3 is 0 Å². The van der Waals surface area contributed by atoms with Gasteiger partial charge in [-0.05, 0) is 48.4 Å². The Kier molecular flexibility index (Phi) is 5.31. The molecule has 1 aliphatic heterocycles. The SMILES string of the molecule is O=C1C(Cc2ccc(-c3ccccc3)cc2Cl)CCN1C1CCCCC1. The summed E-state index contributed by atoms with van der Waals surface area (Å²) >= 11 is 6.57. The number of hydrogen-bond acceptors (Lipinski definition) is 1. The maximum absolute atomic E-state index is 12.9. The predicted molar refractivity (Wildman–Crippen MR) is 107 cm³/mol. The molecule has 1 atom stereocenters. The van der Waals surface area contributed by atoms with E-state index in [4.69, 9.17) is 11.6 Å². The van der Waals surface area contributed by atoms with Crippen LogP contribution in [0.3, 0.4) is 0 Å². The molecule has 1 unspecified atom stereocenters. The van der Waals surface area contributed by atoms with E-state index >= 15 is 0 Å². The first kappa shape index (κ1) is 17.6. The minimum absolute atomic E-state index is 0.0944. The van der Waals surface area contributed by atoms with Crippen LogP contribution in [-0.4, -0.2) is 23.4 Å². The molecule has 1 saturated heterocycles. The third-order valence-corrected chi connectivity index (χ3v) is 6.34. The molecule has 26 heavy (non-hydrogen) atoms. The molecule has 2 aromatic carbocycles. The molecule has 1 heterocycles. The summed E-state index contributed by atoms with van der Waals surface area (Å²) < 4.78 is 0. The van der Waals surface area contributed by atoms with Crippen LogP contribution in [0, 0.1) is 5.92 Å². The number of nitrogens with zero attached hydrogens (tertiary/aromatic N) is 1. The van der Waals surface area contributed by atoms with Crippen LogP contribution in [0.15, 0.2) is 48.5 Å². The van der Waals surface area contributed by atoms with Crippen molar-refractivity contribution in [3.8, 4) is 11.1 Å². The fraction of sp³-hybridized carbons (Fsp3) is 0.435. The van der Waals surface area contributed by atoms with Crippen LogP contribution < -0.4 is 0 Å². The van der Waals surface area contributed by atoms with Crippen LogP contribution in [0.4, 0.5) is 0 Å². The lowest BCUT2D eigenvalue weighted by Gasteiger charge is -2.31. The summed E-state index contributed by atoms with van der Waals surface area (Å²) in [5, 5.41) is 0.773. The topological polar surface area (TPSA) is 20.3 Å². The van der Waals surface area contributed by atoms with Gasteiger partial charge in [-0.15, -0.1) is 0 Å². The van der Waals surface area contributed by atoms with Gasteiger partial charge in [-0.25, -0.2) is 0 Å². The Morgan fingerprint density at radius 2 is 1.69 bits per heavy atom. The maximum Gasteiger partial charge on any atom is 0.226 e. The molecule has 0 N–H and O–H groups in total. The molecular weight excluding hydrogens is 342 g/mol. The van der Waals surface area contributed by atoms with Crippen molar-refractivity contribution in [2.75, 3.05) is 6.54 Å². The smallest absolute Gasteiger partial charge is 0.226 e. The molecular formula is C23H26ClNO. The molecule has 1 saturated carbocycles. The molecule has 4 rings (SSSR count). The van der Waals surface area contributed by atoms with Gasteiger partial charge in [-0.2, -0.15) is 0 Å². The number of carbonyl (C=O) groups is 1. The summed E-state index contributed by atoms with van der Waals surface area (Å²) in [5.41, 5.74) is 3.39. The third kappa shape index (κ3) is 3.66. The predicted octanol–water partition coefficient (Wildman–Crippen LogP) is 5.73. The molecule has 2 aliphatic rings. The summed E-state index contributed by atoms with van der Waals surface area (Å²) in [5.74, 6) is 0.442. The average molecular weight is 368 g/mol. The first-order valence-corrected chi connectivity index (χ1v) is 10.2. The molecule has 0 bridgehead atoms. The van der Waals surface area contributed by atoms with Gasteiger partial charge in [-0.1, -0.05) is 73.3 Å². The fourth-order valence-electron chi connectivity index (χ4n) is 4.50. The standard InChI is InChI=1S/C23H26ClNO/c24-22-16-18(17-7-3-1-4-8-17)11-12-19(22)15-20-13-14-25(23(20)26)21-9-5-2-6-10-21/h1,3-4,7-8,11-12,16,20-21H,2,5-6,9-10,13-15H2. The fourth-order valence-corrected chi connectivity index (χ4v) is 4.75. The molecule has 3 heteroatoms. The zero-order valence-corrected chi connectivity index (χ0v) is 15.9. The average Bonchev–Trinajstić information content (AvgIpc) is 3.05.